The molecule has 0 aliphatic heterocycles. The highest BCUT2D eigenvalue weighted by Gasteiger charge is 2.13. The molecule has 1 heterocycles. The van der Waals surface area contributed by atoms with Gasteiger partial charge in [0.25, 0.3) is 5.88 Å². The van der Waals surface area contributed by atoms with Crippen molar-refractivity contribution >= 4 is 0 Å². The number of aliphatic hydroxyl groups is 1. The molecule has 1 rings (SSSR count). The van der Waals surface area contributed by atoms with Crippen LogP contribution in [0.4, 0.5) is 0 Å². The summed E-state index contributed by atoms with van der Waals surface area (Å²) >= 11 is 0. The van der Waals surface area contributed by atoms with Crippen molar-refractivity contribution in [3.05, 3.63) is 17.8 Å². The molecule has 0 aromatic carbocycles. The summed E-state index contributed by atoms with van der Waals surface area (Å²) in [5.74, 6) is 0.876. The topological polar surface area (TPSA) is 51.6 Å². The summed E-state index contributed by atoms with van der Waals surface area (Å²) in [4.78, 5) is 3.95. The Kier molecular flexibility index (Phi) is 3.08. The predicted octanol–water partition coefficient (Wildman–Crippen LogP) is 1.15. The first-order chi connectivity index (χ1) is 6.20. The van der Waals surface area contributed by atoms with Crippen LogP contribution >= 0.6 is 0 Å². The van der Waals surface area contributed by atoms with Crippen molar-refractivity contribution in [2.75, 3.05) is 14.2 Å². The van der Waals surface area contributed by atoms with Gasteiger partial charge in [0.2, 0.25) is 0 Å². The van der Waals surface area contributed by atoms with Gasteiger partial charge in [0.1, 0.15) is 0 Å². The van der Waals surface area contributed by atoms with Crippen LogP contribution in [0.15, 0.2) is 12.3 Å². The number of hydrogen-bond acceptors (Lipinski definition) is 4. The Labute approximate surface area is 77.1 Å². The van der Waals surface area contributed by atoms with E-state index in [1.54, 1.807) is 19.2 Å². The molecule has 0 aliphatic carbocycles. The number of nitrogens with zero attached hydrogens (tertiary/aromatic N) is 1. The van der Waals surface area contributed by atoms with Gasteiger partial charge in [0.05, 0.1) is 20.3 Å². The van der Waals surface area contributed by atoms with Crippen molar-refractivity contribution in [2.24, 2.45) is 0 Å². The van der Waals surface area contributed by atoms with E-state index in [1.165, 1.54) is 14.2 Å². The first kappa shape index (κ1) is 9.80. The van der Waals surface area contributed by atoms with Gasteiger partial charge < -0.3 is 14.6 Å². The third kappa shape index (κ3) is 1.89. The van der Waals surface area contributed by atoms with E-state index in [1.807, 2.05) is 0 Å². The van der Waals surface area contributed by atoms with Crippen LogP contribution in [-0.2, 0) is 0 Å². The molecule has 4 nitrogen and oxygen atoms in total. The molecule has 13 heavy (non-hydrogen) atoms. The molecule has 0 spiro atoms. The Morgan fingerprint density at radius 2 is 2.08 bits per heavy atom. The van der Waals surface area contributed by atoms with Crippen LogP contribution in [0.2, 0.25) is 0 Å². The van der Waals surface area contributed by atoms with Gasteiger partial charge in [-0.15, -0.1) is 0 Å². The monoisotopic (exact) mass is 183 g/mol. The van der Waals surface area contributed by atoms with E-state index < -0.39 is 6.10 Å². The smallest absolute Gasteiger partial charge is 0.257 e. The van der Waals surface area contributed by atoms with Gasteiger partial charge in [0.15, 0.2) is 5.75 Å². The third-order valence-corrected chi connectivity index (χ3v) is 1.75. The van der Waals surface area contributed by atoms with Crippen LogP contribution in [0.1, 0.15) is 18.6 Å². The van der Waals surface area contributed by atoms with Gasteiger partial charge in [-0.25, -0.2) is 4.98 Å². The molecule has 0 saturated carbocycles. The first-order valence-electron chi connectivity index (χ1n) is 3.95. The summed E-state index contributed by atoms with van der Waals surface area (Å²) in [6.07, 6.45) is 0.982. The largest absolute Gasteiger partial charge is 0.491 e. The summed E-state index contributed by atoms with van der Waals surface area (Å²) in [6.45, 7) is 1.66. The Hall–Kier alpha value is -1.29. The maximum atomic E-state index is 9.39. The van der Waals surface area contributed by atoms with Gasteiger partial charge in [-0.1, -0.05) is 0 Å². The summed E-state index contributed by atoms with van der Waals surface area (Å²) in [6, 6.07) is 1.70. The second-order valence-corrected chi connectivity index (χ2v) is 2.62. The third-order valence-electron chi connectivity index (χ3n) is 1.75. The predicted molar refractivity (Wildman–Crippen MR) is 48.0 cm³/mol. The van der Waals surface area contributed by atoms with Gasteiger partial charge in [0, 0.05) is 11.8 Å². The lowest BCUT2D eigenvalue weighted by Gasteiger charge is -2.12. The molecule has 1 atom stereocenters. The summed E-state index contributed by atoms with van der Waals surface area (Å²) in [7, 11) is 3.03. The number of aliphatic hydroxyl groups excluding tert-OH is 1. The van der Waals surface area contributed by atoms with E-state index in [4.69, 9.17) is 9.47 Å². The van der Waals surface area contributed by atoms with Crippen LogP contribution in [0.3, 0.4) is 0 Å². The molecule has 0 bridgehead atoms. The number of aromatic nitrogens is 1. The van der Waals surface area contributed by atoms with Crippen LogP contribution in [0.25, 0.3) is 0 Å². The SMILES string of the molecule is COc1nccc(C(C)O)c1OC. The van der Waals surface area contributed by atoms with Crippen molar-refractivity contribution in [3.63, 3.8) is 0 Å². The number of methoxy groups -OCH3 is 2. The Morgan fingerprint density at radius 1 is 1.38 bits per heavy atom. The Bertz CT molecular complexity index is 286. The molecule has 0 fully saturated rings. The summed E-state index contributed by atoms with van der Waals surface area (Å²) in [5.41, 5.74) is 0.675. The molecule has 1 aromatic rings. The normalized spacial score (nSPS) is 12.3. The second-order valence-electron chi connectivity index (χ2n) is 2.62. The Morgan fingerprint density at radius 3 is 2.54 bits per heavy atom. The summed E-state index contributed by atoms with van der Waals surface area (Å²) in [5, 5.41) is 9.39. The van der Waals surface area contributed by atoms with Crippen LogP contribution in [-0.4, -0.2) is 24.3 Å². The van der Waals surface area contributed by atoms with E-state index in [2.05, 4.69) is 4.98 Å². The van der Waals surface area contributed by atoms with Crippen LogP contribution < -0.4 is 9.47 Å². The van der Waals surface area contributed by atoms with Crippen LogP contribution in [0.5, 0.6) is 11.6 Å². The molecule has 4 heteroatoms. The van der Waals surface area contributed by atoms with E-state index in [-0.39, 0.29) is 0 Å². The van der Waals surface area contributed by atoms with Gasteiger partial charge in [-0.3, -0.25) is 0 Å². The number of ether oxygens (including phenoxy) is 2. The minimum Gasteiger partial charge on any atom is -0.491 e. The fourth-order valence-electron chi connectivity index (χ4n) is 1.12. The highest BCUT2D eigenvalue weighted by Crippen LogP contribution is 2.31. The maximum absolute atomic E-state index is 9.39. The van der Waals surface area contributed by atoms with Gasteiger partial charge in [-0.05, 0) is 13.0 Å². The average molecular weight is 183 g/mol. The lowest BCUT2D eigenvalue weighted by atomic mass is 10.1. The lowest BCUT2D eigenvalue weighted by molar-refractivity contribution is 0.192. The zero-order chi connectivity index (χ0) is 9.84. The van der Waals surface area contributed by atoms with E-state index in [0.717, 1.165) is 0 Å². The Balaban J connectivity index is 3.19. The minimum absolute atomic E-state index is 0.390. The zero-order valence-corrected chi connectivity index (χ0v) is 7.94. The molecule has 1 N–H and O–H groups in total. The van der Waals surface area contributed by atoms with E-state index in [9.17, 15) is 5.11 Å². The molecule has 1 unspecified atom stereocenters. The zero-order valence-electron chi connectivity index (χ0n) is 7.94. The number of hydrogen-bond donors (Lipinski definition) is 1. The average Bonchev–Trinajstić information content (AvgIpc) is 2.16. The molecule has 0 saturated heterocycles. The van der Waals surface area contributed by atoms with Crippen molar-refractivity contribution < 1.29 is 14.6 Å². The van der Waals surface area contributed by atoms with E-state index in [0.29, 0.717) is 17.2 Å². The highest BCUT2D eigenvalue weighted by atomic mass is 16.5. The molecule has 1 aromatic heterocycles. The second kappa shape index (κ2) is 4.09. The fraction of sp³-hybridized carbons (Fsp3) is 0.444. The molecule has 0 aliphatic rings. The summed E-state index contributed by atoms with van der Waals surface area (Å²) < 4.78 is 10.1. The minimum atomic E-state index is -0.591. The number of rotatable bonds is 3. The highest BCUT2D eigenvalue weighted by molar-refractivity contribution is 5.42. The van der Waals surface area contributed by atoms with Gasteiger partial charge in [-0.2, -0.15) is 0 Å². The van der Waals surface area contributed by atoms with Crippen molar-refractivity contribution in [1.82, 2.24) is 4.98 Å². The molecule has 0 amide bonds. The molecular formula is C9H13NO3. The quantitative estimate of drug-likeness (QED) is 0.763. The lowest BCUT2D eigenvalue weighted by Crippen LogP contribution is -2.00. The van der Waals surface area contributed by atoms with E-state index >= 15 is 0 Å². The van der Waals surface area contributed by atoms with Crippen molar-refractivity contribution in [2.45, 2.75) is 13.0 Å². The number of pyridine rings is 1. The van der Waals surface area contributed by atoms with Crippen molar-refractivity contribution in [3.8, 4) is 11.6 Å². The standard InChI is InChI=1S/C9H13NO3/c1-6(11)7-4-5-10-9(13-3)8(7)12-2/h4-6,11H,1-3H3. The fourth-order valence-corrected chi connectivity index (χ4v) is 1.12. The van der Waals surface area contributed by atoms with Crippen molar-refractivity contribution in [1.29, 1.82) is 0 Å². The molecule has 72 valence electrons. The molecule has 0 radical (unpaired) electrons. The first-order valence-corrected chi connectivity index (χ1v) is 3.95. The van der Waals surface area contributed by atoms with Crippen LogP contribution in [0, 0.1) is 0 Å². The molecular weight excluding hydrogens is 170 g/mol. The maximum Gasteiger partial charge on any atom is 0.257 e. The van der Waals surface area contributed by atoms with Gasteiger partial charge >= 0.3 is 0 Å².